The van der Waals surface area contributed by atoms with Crippen LogP contribution in [0.1, 0.15) is 20.7 Å². The summed E-state index contributed by atoms with van der Waals surface area (Å²) in [5.74, 6) is -0.223. The molecule has 0 heterocycles. The van der Waals surface area contributed by atoms with Crippen molar-refractivity contribution in [1.82, 2.24) is 0 Å². The number of nitrogens with one attached hydrogen (secondary N) is 1. The van der Waals surface area contributed by atoms with Crippen molar-refractivity contribution in [2.45, 2.75) is 0 Å². The third kappa shape index (κ3) is 2.67. The molecule has 3 N–H and O–H groups in total. The summed E-state index contributed by atoms with van der Waals surface area (Å²) in [7, 11) is 0. The van der Waals surface area contributed by atoms with Crippen molar-refractivity contribution >= 4 is 34.3 Å². The standard InChI is InChI=1S/C18H14N2O2/c19-15-5-1-4-14(10-15)18(22)20-17-6-2-3-13-9-12(11-21)7-8-16(13)17/h1-11H,19H2,(H,20,22). The molecule has 4 heteroatoms. The molecule has 0 aromatic heterocycles. The van der Waals surface area contributed by atoms with Gasteiger partial charge in [-0.1, -0.05) is 30.3 Å². The van der Waals surface area contributed by atoms with Gasteiger partial charge in [0.1, 0.15) is 6.29 Å². The lowest BCUT2D eigenvalue weighted by Crippen LogP contribution is -2.12. The number of carbonyl (C=O) groups is 2. The molecule has 0 aliphatic rings. The average Bonchev–Trinajstić information content (AvgIpc) is 2.54. The van der Waals surface area contributed by atoms with Crippen LogP contribution in [-0.4, -0.2) is 12.2 Å². The molecule has 0 saturated heterocycles. The van der Waals surface area contributed by atoms with E-state index in [1.165, 1.54) is 0 Å². The number of nitrogen functional groups attached to an aromatic ring is 1. The van der Waals surface area contributed by atoms with E-state index in [0.29, 0.717) is 22.5 Å². The minimum atomic E-state index is -0.223. The molecular weight excluding hydrogens is 276 g/mol. The summed E-state index contributed by atoms with van der Waals surface area (Å²) in [6, 6.07) is 17.7. The van der Waals surface area contributed by atoms with E-state index < -0.39 is 0 Å². The number of amides is 1. The number of hydrogen-bond acceptors (Lipinski definition) is 3. The lowest BCUT2D eigenvalue weighted by molar-refractivity contribution is 0.102. The third-order valence-electron chi connectivity index (χ3n) is 3.44. The Kier molecular flexibility index (Phi) is 3.58. The number of benzene rings is 3. The molecule has 0 spiro atoms. The Bertz CT molecular complexity index is 872. The molecule has 22 heavy (non-hydrogen) atoms. The maximum Gasteiger partial charge on any atom is 0.255 e. The highest BCUT2D eigenvalue weighted by atomic mass is 16.1. The fourth-order valence-electron chi connectivity index (χ4n) is 2.36. The fraction of sp³-hybridized carbons (Fsp3) is 0. The first-order valence-corrected chi connectivity index (χ1v) is 6.82. The lowest BCUT2D eigenvalue weighted by Gasteiger charge is -2.09. The number of nitrogens with two attached hydrogens (primary N) is 1. The Morgan fingerprint density at radius 1 is 1.00 bits per heavy atom. The molecule has 3 aromatic carbocycles. The van der Waals surface area contributed by atoms with Crippen LogP contribution in [0, 0.1) is 0 Å². The highest BCUT2D eigenvalue weighted by molar-refractivity contribution is 6.09. The monoisotopic (exact) mass is 290 g/mol. The van der Waals surface area contributed by atoms with Crippen LogP contribution < -0.4 is 11.1 Å². The van der Waals surface area contributed by atoms with Crippen LogP contribution in [0.25, 0.3) is 10.8 Å². The van der Waals surface area contributed by atoms with Crippen molar-refractivity contribution in [2.24, 2.45) is 0 Å². The Labute approximate surface area is 127 Å². The SMILES string of the molecule is Nc1cccc(C(=O)Nc2cccc3cc(C=O)ccc23)c1. The molecular formula is C18H14N2O2. The quantitative estimate of drug-likeness (QED) is 0.573. The second kappa shape index (κ2) is 5.69. The van der Waals surface area contributed by atoms with Gasteiger partial charge in [-0.25, -0.2) is 0 Å². The van der Waals surface area contributed by atoms with Crippen LogP contribution >= 0.6 is 0 Å². The first-order valence-electron chi connectivity index (χ1n) is 6.82. The van der Waals surface area contributed by atoms with Gasteiger partial charge >= 0.3 is 0 Å². The van der Waals surface area contributed by atoms with Crippen LogP contribution in [0.3, 0.4) is 0 Å². The number of fused-ring (bicyclic) bond motifs is 1. The first-order chi connectivity index (χ1) is 10.7. The number of anilines is 2. The predicted octanol–water partition coefficient (Wildman–Crippen LogP) is 3.49. The van der Waals surface area contributed by atoms with Crippen LogP contribution in [0.2, 0.25) is 0 Å². The molecule has 108 valence electrons. The minimum absolute atomic E-state index is 0.223. The van der Waals surface area contributed by atoms with Crippen molar-refractivity contribution in [2.75, 3.05) is 11.1 Å². The van der Waals surface area contributed by atoms with Crippen LogP contribution in [0.5, 0.6) is 0 Å². The van der Waals surface area contributed by atoms with E-state index in [0.717, 1.165) is 17.1 Å². The maximum absolute atomic E-state index is 12.3. The second-order valence-electron chi connectivity index (χ2n) is 4.98. The summed E-state index contributed by atoms with van der Waals surface area (Å²) in [4.78, 5) is 23.2. The molecule has 0 fully saturated rings. The van der Waals surface area contributed by atoms with E-state index in [1.54, 1.807) is 36.4 Å². The molecule has 0 aliphatic carbocycles. The summed E-state index contributed by atoms with van der Waals surface area (Å²) >= 11 is 0. The predicted molar refractivity (Wildman–Crippen MR) is 88.1 cm³/mol. The van der Waals surface area contributed by atoms with Crippen molar-refractivity contribution in [3.63, 3.8) is 0 Å². The van der Waals surface area contributed by atoms with Crippen molar-refractivity contribution < 1.29 is 9.59 Å². The van der Waals surface area contributed by atoms with E-state index in [4.69, 9.17) is 5.73 Å². The Morgan fingerprint density at radius 2 is 1.82 bits per heavy atom. The van der Waals surface area contributed by atoms with Crippen LogP contribution in [0.15, 0.2) is 60.7 Å². The average molecular weight is 290 g/mol. The highest BCUT2D eigenvalue weighted by Crippen LogP contribution is 2.24. The second-order valence-corrected chi connectivity index (χ2v) is 4.98. The van der Waals surface area contributed by atoms with Crippen LogP contribution in [0.4, 0.5) is 11.4 Å². The number of aldehydes is 1. The smallest absolute Gasteiger partial charge is 0.255 e. The van der Waals surface area contributed by atoms with Crippen LogP contribution in [-0.2, 0) is 0 Å². The Morgan fingerprint density at radius 3 is 2.59 bits per heavy atom. The summed E-state index contributed by atoms with van der Waals surface area (Å²) in [6.07, 6.45) is 0.803. The molecule has 0 saturated carbocycles. The molecule has 1 amide bonds. The van der Waals surface area contributed by atoms with E-state index in [9.17, 15) is 9.59 Å². The van der Waals surface area contributed by atoms with E-state index in [1.807, 2.05) is 24.3 Å². The Hall–Kier alpha value is -3.14. The minimum Gasteiger partial charge on any atom is -0.399 e. The number of rotatable bonds is 3. The van der Waals surface area contributed by atoms with Gasteiger partial charge in [0.05, 0.1) is 0 Å². The van der Waals surface area contributed by atoms with Gasteiger partial charge in [0.2, 0.25) is 0 Å². The summed E-state index contributed by atoms with van der Waals surface area (Å²) in [5.41, 5.74) is 8.04. The third-order valence-corrected chi connectivity index (χ3v) is 3.44. The van der Waals surface area contributed by atoms with Gasteiger partial charge in [-0.05, 0) is 35.7 Å². The van der Waals surface area contributed by atoms with E-state index in [2.05, 4.69) is 5.32 Å². The highest BCUT2D eigenvalue weighted by Gasteiger charge is 2.08. The zero-order valence-corrected chi connectivity index (χ0v) is 11.7. The number of hydrogen-bond donors (Lipinski definition) is 2. The summed E-state index contributed by atoms with van der Waals surface area (Å²) in [5, 5.41) is 4.66. The topological polar surface area (TPSA) is 72.2 Å². The van der Waals surface area contributed by atoms with Crippen molar-refractivity contribution in [3.8, 4) is 0 Å². The maximum atomic E-state index is 12.3. The molecule has 0 aliphatic heterocycles. The largest absolute Gasteiger partial charge is 0.399 e. The van der Waals surface area contributed by atoms with E-state index >= 15 is 0 Å². The lowest BCUT2D eigenvalue weighted by atomic mass is 10.1. The molecule has 0 radical (unpaired) electrons. The van der Waals surface area contributed by atoms with E-state index in [-0.39, 0.29) is 5.91 Å². The van der Waals surface area contributed by atoms with Crippen molar-refractivity contribution in [3.05, 3.63) is 71.8 Å². The van der Waals surface area contributed by atoms with Gasteiger partial charge < -0.3 is 11.1 Å². The van der Waals surface area contributed by atoms with Gasteiger partial charge in [0.25, 0.3) is 5.91 Å². The zero-order valence-electron chi connectivity index (χ0n) is 11.7. The zero-order chi connectivity index (χ0) is 15.5. The molecule has 4 nitrogen and oxygen atoms in total. The molecule has 0 bridgehead atoms. The molecule has 3 rings (SSSR count). The normalized spacial score (nSPS) is 10.4. The Balaban J connectivity index is 1.97. The first kappa shape index (κ1) is 13.8. The van der Waals surface area contributed by atoms with Gasteiger partial charge in [0.15, 0.2) is 0 Å². The molecule has 0 unspecified atom stereocenters. The molecule has 3 aromatic rings. The van der Waals surface area contributed by atoms with Gasteiger partial charge in [-0.15, -0.1) is 0 Å². The molecule has 0 atom stereocenters. The van der Waals surface area contributed by atoms with Gasteiger partial charge in [-0.3, -0.25) is 9.59 Å². The fourth-order valence-corrected chi connectivity index (χ4v) is 2.36. The van der Waals surface area contributed by atoms with Gasteiger partial charge in [-0.2, -0.15) is 0 Å². The number of carbonyl (C=O) groups excluding carboxylic acids is 2. The van der Waals surface area contributed by atoms with Crippen molar-refractivity contribution in [1.29, 1.82) is 0 Å². The summed E-state index contributed by atoms with van der Waals surface area (Å²) < 4.78 is 0. The van der Waals surface area contributed by atoms with Gasteiger partial charge in [0, 0.05) is 27.9 Å². The summed E-state index contributed by atoms with van der Waals surface area (Å²) in [6.45, 7) is 0.